The molecule has 0 fully saturated rings. The molecule has 1 aromatic heterocycles. The fourth-order valence-electron chi connectivity index (χ4n) is 3.28. The van der Waals surface area contributed by atoms with E-state index in [-0.39, 0.29) is 10.9 Å². The molecular formula is C21H28N6O4S. The second-order valence-corrected chi connectivity index (χ2v) is 8.80. The van der Waals surface area contributed by atoms with Gasteiger partial charge in [0, 0.05) is 19.6 Å². The van der Waals surface area contributed by atoms with Crippen LogP contribution in [0.1, 0.15) is 20.8 Å². The van der Waals surface area contributed by atoms with Crippen molar-refractivity contribution in [3.8, 4) is 5.75 Å². The zero-order chi connectivity index (χ0) is 23.1. The van der Waals surface area contributed by atoms with Crippen molar-refractivity contribution in [3.05, 3.63) is 42.5 Å². The van der Waals surface area contributed by atoms with E-state index in [0.29, 0.717) is 55.3 Å². The number of aromatic nitrogens is 3. The van der Waals surface area contributed by atoms with Gasteiger partial charge < -0.3 is 15.4 Å². The van der Waals surface area contributed by atoms with Crippen LogP contribution in [0.4, 0.5) is 10.5 Å². The highest BCUT2D eigenvalue weighted by Crippen LogP contribution is 2.23. The molecule has 0 saturated heterocycles. The van der Waals surface area contributed by atoms with Crippen molar-refractivity contribution < 1.29 is 17.9 Å². The number of para-hydroxylation sites is 2. The maximum atomic E-state index is 12.7. The third kappa shape index (κ3) is 5.17. The molecule has 0 spiro atoms. The number of sulfonamides is 1. The zero-order valence-corrected chi connectivity index (χ0v) is 19.2. The number of rotatable bonds is 10. The van der Waals surface area contributed by atoms with Crippen molar-refractivity contribution >= 4 is 32.8 Å². The van der Waals surface area contributed by atoms with E-state index in [1.807, 2.05) is 19.1 Å². The van der Waals surface area contributed by atoms with Gasteiger partial charge in [-0.3, -0.25) is 0 Å². The van der Waals surface area contributed by atoms with E-state index in [1.54, 1.807) is 42.8 Å². The number of carbonyl (C=O) groups is 1. The lowest BCUT2D eigenvalue weighted by atomic mass is 10.3. The van der Waals surface area contributed by atoms with Crippen LogP contribution in [0.25, 0.3) is 11.0 Å². The minimum atomic E-state index is -3.57. The minimum Gasteiger partial charge on any atom is -0.492 e. The Labute approximate surface area is 187 Å². The van der Waals surface area contributed by atoms with Gasteiger partial charge in [0.25, 0.3) is 0 Å². The van der Waals surface area contributed by atoms with Crippen LogP contribution in [0, 0.1) is 0 Å². The van der Waals surface area contributed by atoms with Gasteiger partial charge in [-0.15, -0.1) is 5.10 Å². The molecule has 0 saturated carbocycles. The average Bonchev–Trinajstić information content (AvgIpc) is 3.18. The summed E-state index contributed by atoms with van der Waals surface area (Å²) < 4.78 is 33.9. The van der Waals surface area contributed by atoms with Gasteiger partial charge in [0.05, 0.1) is 29.3 Å². The van der Waals surface area contributed by atoms with Crippen LogP contribution in [-0.4, -0.2) is 60.0 Å². The lowest BCUT2D eigenvalue weighted by Gasteiger charge is -2.18. The van der Waals surface area contributed by atoms with Crippen molar-refractivity contribution in [2.24, 2.45) is 0 Å². The van der Waals surface area contributed by atoms with E-state index in [4.69, 9.17) is 4.74 Å². The van der Waals surface area contributed by atoms with Crippen LogP contribution in [0.2, 0.25) is 0 Å². The summed E-state index contributed by atoms with van der Waals surface area (Å²) in [7, 11) is -3.57. The van der Waals surface area contributed by atoms with Crippen LogP contribution >= 0.6 is 0 Å². The number of anilines is 1. The zero-order valence-electron chi connectivity index (χ0n) is 18.4. The van der Waals surface area contributed by atoms with Gasteiger partial charge in [0.1, 0.15) is 11.3 Å². The van der Waals surface area contributed by atoms with Crippen molar-refractivity contribution in [2.75, 3.05) is 31.6 Å². The first-order valence-electron chi connectivity index (χ1n) is 10.5. The first-order chi connectivity index (χ1) is 15.4. The van der Waals surface area contributed by atoms with E-state index in [9.17, 15) is 13.2 Å². The Balaban J connectivity index is 1.63. The number of hydrogen-bond donors (Lipinski definition) is 2. The molecule has 32 heavy (non-hydrogen) atoms. The topological polar surface area (TPSA) is 118 Å². The summed E-state index contributed by atoms with van der Waals surface area (Å²) in [6.45, 7) is 7.44. The van der Waals surface area contributed by atoms with Crippen molar-refractivity contribution in [1.29, 1.82) is 0 Å². The monoisotopic (exact) mass is 460 g/mol. The molecule has 0 atom stereocenters. The molecule has 0 aliphatic rings. The predicted molar refractivity (Wildman–Crippen MR) is 122 cm³/mol. The van der Waals surface area contributed by atoms with Gasteiger partial charge in [-0.1, -0.05) is 31.2 Å². The maximum Gasteiger partial charge on any atom is 0.319 e. The first-order valence-corrected chi connectivity index (χ1v) is 11.9. The molecule has 0 unspecified atom stereocenters. The molecule has 3 rings (SSSR count). The molecule has 172 valence electrons. The molecule has 3 aromatic rings. The van der Waals surface area contributed by atoms with Gasteiger partial charge in [0.15, 0.2) is 0 Å². The fourth-order valence-corrected chi connectivity index (χ4v) is 4.76. The molecular weight excluding hydrogens is 432 g/mol. The number of benzene rings is 2. The molecule has 0 aliphatic carbocycles. The Hall–Kier alpha value is -3.18. The lowest BCUT2D eigenvalue weighted by molar-refractivity contribution is 0.251. The van der Waals surface area contributed by atoms with Crippen LogP contribution < -0.4 is 15.4 Å². The molecule has 2 N–H and O–H groups in total. The second-order valence-electron chi connectivity index (χ2n) is 6.86. The minimum absolute atomic E-state index is 0.186. The van der Waals surface area contributed by atoms with Gasteiger partial charge in [-0.2, -0.15) is 4.31 Å². The van der Waals surface area contributed by atoms with Crippen LogP contribution in [0.3, 0.4) is 0 Å². The molecule has 2 amide bonds. The maximum absolute atomic E-state index is 12.7. The molecule has 1 heterocycles. The van der Waals surface area contributed by atoms with Crippen molar-refractivity contribution in [3.63, 3.8) is 0 Å². The Morgan fingerprint density at radius 1 is 1.12 bits per heavy atom. The molecule has 2 aromatic carbocycles. The van der Waals surface area contributed by atoms with E-state index in [1.165, 1.54) is 10.4 Å². The van der Waals surface area contributed by atoms with Gasteiger partial charge in [-0.05, 0) is 37.3 Å². The third-order valence-electron chi connectivity index (χ3n) is 4.87. The largest absolute Gasteiger partial charge is 0.492 e. The summed E-state index contributed by atoms with van der Waals surface area (Å²) in [5.41, 5.74) is 1.75. The number of fused-ring (bicyclic) bond motifs is 1. The van der Waals surface area contributed by atoms with Crippen LogP contribution in [0.5, 0.6) is 5.75 Å². The Kier molecular flexibility index (Phi) is 7.65. The number of nitrogens with zero attached hydrogens (tertiary/aromatic N) is 4. The number of carbonyl (C=O) groups excluding carboxylic acids is 1. The number of amides is 2. The predicted octanol–water partition coefficient (Wildman–Crippen LogP) is 2.68. The van der Waals surface area contributed by atoms with Gasteiger partial charge in [0.2, 0.25) is 10.0 Å². The van der Waals surface area contributed by atoms with E-state index in [0.717, 1.165) is 0 Å². The Bertz CT molecular complexity index is 1170. The molecule has 0 radical (unpaired) electrons. The average molecular weight is 461 g/mol. The number of urea groups is 1. The van der Waals surface area contributed by atoms with Crippen molar-refractivity contribution in [2.45, 2.75) is 32.2 Å². The van der Waals surface area contributed by atoms with E-state index >= 15 is 0 Å². The van der Waals surface area contributed by atoms with Crippen LogP contribution in [0.15, 0.2) is 47.4 Å². The fraction of sp³-hybridized carbons (Fsp3) is 0.381. The van der Waals surface area contributed by atoms with E-state index in [2.05, 4.69) is 20.9 Å². The second kappa shape index (κ2) is 10.4. The highest BCUT2D eigenvalue weighted by atomic mass is 32.2. The quantitative estimate of drug-likeness (QED) is 0.480. The van der Waals surface area contributed by atoms with Gasteiger partial charge in [-0.25, -0.2) is 17.9 Å². The Morgan fingerprint density at radius 3 is 2.59 bits per heavy atom. The summed E-state index contributed by atoms with van der Waals surface area (Å²) in [5, 5.41) is 13.7. The van der Waals surface area contributed by atoms with Crippen molar-refractivity contribution in [1.82, 2.24) is 24.6 Å². The lowest BCUT2D eigenvalue weighted by Crippen LogP contribution is -2.31. The van der Waals surface area contributed by atoms with Crippen LogP contribution in [-0.2, 0) is 16.6 Å². The number of hydrogen-bond acceptors (Lipinski definition) is 6. The smallest absolute Gasteiger partial charge is 0.319 e. The summed E-state index contributed by atoms with van der Waals surface area (Å²) in [6, 6.07) is 11.6. The third-order valence-corrected chi connectivity index (χ3v) is 6.92. The summed E-state index contributed by atoms with van der Waals surface area (Å²) in [6.07, 6.45) is 0. The number of ether oxygens (including phenoxy) is 1. The standard InChI is InChI=1S/C21H28N6O4S/c1-4-26(5-2)32(29,30)16-11-12-19-18(15-16)24-25-27(19)14-13-22-21(28)23-17-9-7-8-10-20(17)31-6-3/h7-12,15H,4-6,13-14H2,1-3H3,(H2,22,23,28). The summed E-state index contributed by atoms with van der Waals surface area (Å²) in [4.78, 5) is 12.4. The molecule has 10 nitrogen and oxygen atoms in total. The molecule has 0 bridgehead atoms. The van der Waals surface area contributed by atoms with E-state index < -0.39 is 10.0 Å². The first kappa shape index (κ1) is 23.5. The summed E-state index contributed by atoms with van der Waals surface area (Å²) >= 11 is 0. The SMILES string of the molecule is CCOc1ccccc1NC(=O)NCCn1nnc2cc(S(=O)(=O)N(CC)CC)ccc21. The Morgan fingerprint density at radius 2 is 1.88 bits per heavy atom. The van der Waals surface area contributed by atoms with Gasteiger partial charge >= 0.3 is 6.03 Å². The number of nitrogens with one attached hydrogen (secondary N) is 2. The molecule has 0 aliphatic heterocycles. The highest BCUT2D eigenvalue weighted by Gasteiger charge is 2.22. The summed E-state index contributed by atoms with van der Waals surface area (Å²) in [5.74, 6) is 0.600. The highest BCUT2D eigenvalue weighted by molar-refractivity contribution is 7.89. The normalized spacial score (nSPS) is 11.6. The molecule has 11 heteroatoms.